The van der Waals surface area contributed by atoms with Crippen LogP contribution in [0.2, 0.25) is 0 Å². The lowest BCUT2D eigenvalue weighted by Crippen LogP contribution is -2.27. The van der Waals surface area contributed by atoms with Gasteiger partial charge in [-0.1, -0.05) is 12.1 Å². The minimum atomic E-state index is -0.499. The third-order valence-corrected chi connectivity index (χ3v) is 6.80. The SMILES string of the molecule is Cc1cc(/C=C2\SC(=O)N(Cc3cccc([N+](=O)[O-])c3)C2=O)c(C)n1-c1ccc(I)cc1. The smallest absolute Gasteiger partial charge is 0.293 e. The number of benzene rings is 2. The molecule has 1 saturated heterocycles. The van der Waals surface area contributed by atoms with Crippen LogP contribution >= 0.6 is 34.4 Å². The second kappa shape index (κ2) is 8.91. The zero-order chi connectivity index (χ0) is 23.0. The number of hydrogen-bond donors (Lipinski definition) is 0. The molecule has 7 nitrogen and oxygen atoms in total. The third-order valence-electron chi connectivity index (χ3n) is 5.18. The van der Waals surface area contributed by atoms with Crippen molar-refractivity contribution in [2.45, 2.75) is 20.4 Å². The first-order valence-electron chi connectivity index (χ1n) is 9.68. The van der Waals surface area contributed by atoms with Gasteiger partial charge in [0.05, 0.1) is 16.4 Å². The highest BCUT2D eigenvalue weighted by atomic mass is 127. The summed E-state index contributed by atoms with van der Waals surface area (Å²) in [6.07, 6.45) is 1.74. The first kappa shape index (κ1) is 22.3. The van der Waals surface area contributed by atoms with Crippen molar-refractivity contribution < 1.29 is 14.5 Å². The molecular formula is C23H18IN3O4S. The van der Waals surface area contributed by atoms with E-state index in [1.54, 1.807) is 18.2 Å². The van der Waals surface area contributed by atoms with E-state index in [4.69, 9.17) is 0 Å². The van der Waals surface area contributed by atoms with Gasteiger partial charge in [-0.2, -0.15) is 0 Å². The topological polar surface area (TPSA) is 85.5 Å². The maximum Gasteiger partial charge on any atom is 0.293 e. The first-order chi connectivity index (χ1) is 15.2. The van der Waals surface area contributed by atoms with Crippen molar-refractivity contribution in [2.75, 3.05) is 0 Å². The number of hydrogen-bond acceptors (Lipinski definition) is 5. The van der Waals surface area contributed by atoms with Gasteiger partial charge >= 0.3 is 0 Å². The summed E-state index contributed by atoms with van der Waals surface area (Å²) in [7, 11) is 0. The predicted molar refractivity (Wildman–Crippen MR) is 133 cm³/mol. The molecule has 2 amide bonds. The van der Waals surface area contributed by atoms with Crippen molar-refractivity contribution in [1.29, 1.82) is 0 Å². The molecule has 0 radical (unpaired) electrons. The lowest BCUT2D eigenvalue weighted by molar-refractivity contribution is -0.384. The van der Waals surface area contributed by atoms with Crippen LogP contribution in [-0.4, -0.2) is 25.5 Å². The van der Waals surface area contributed by atoms with E-state index in [9.17, 15) is 19.7 Å². The van der Waals surface area contributed by atoms with E-state index in [1.807, 2.05) is 44.2 Å². The molecule has 0 unspecified atom stereocenters. The van der Waals surface area contributed by atoms with Crippen molar-refractivity contribution in [2.24, 2.45) is 0 Å². The highest BCUT2D eigenvalue weighted by Crippen LogP contribution is 2.35. The molecule has 1 aliphatic heterocycles. The Morgan fingerprint density at radius 2 is 1.81 bits per heavy atom. The lowest BCUT2D eigenvalue weighted by Gasteiger charge is -2.12. The summed E-state index contributed by atoms with van der Waals surface area (Å²) in [5.74, 6) is -0.398. The molecule has 0 saturated carbocycles. The number of rotatable bonds is 5. The molecule has 2 aromatic carbocycles. The second-order valence-corrected chi connectivity index (χ2v) is 9.57. The molecule has 0 aliphatic carbocycles. The van der Waals surface area contributed by atoms with Crippen molar-refractivity contribution in [3.05, 3.63) is 95.7 Å². The average molecular weight is 559 g/mol. The Morgan fingerprint density at radius 1 is 1.09 bits per heavy atom. The molecule has 162 valence electrons. The van der Waals surface area contributed by atoms with Crippen LogP contribution in [-0.2, 0) is 11.3 Å². The monoisotopic (exact) mass is 559 g/mol. The van der Waals surface area contributed by atoms with Crippen LogP contribution < -0.4 is 0 Å². The lowest BCUT2D eigenvalue weighted by atomic mass is 10.2. The number of thioether (sulfide) groups is 1. The quantitative estimate of drug-likeness (QED) is 0.170. The molecule has 4 rings (SSSR count). The van der Waals surface area contributed by atoms with Gasteiger partial charge in [0.15, 0.2) is 0 Å². The molecule has 32 heavy (non-hydrogen) atoms. The molecule has 1 aliphatic rings. The van der Waals surface area contributed by atoms with Gasteiger partial charge in [-0.25, -0.2) is 0 Å². The van der Waals surface area contributed by atoms with Crippen LogP contribution in [0.25, 0.3) is 11.8 Å². The molecule has 0 atom stereocenters. The van der Waals surface area contributed by atoms with Crippen LogP contribution in [0.1, 0.15) is 22.5 Å². The van der Waals surface area contributed by atoms with E-state index in [2.05, 4.69) is 27.2 Å². The summed E-state index contributed by atoms with van der Waals surface area (Å²) in [4.78, 5) is 37.4. The molecule has 2 heterocycles. The van der Waals surface area contributed by atoms with Crippen LogP contribution in [0.3, 0.4) is 0 Å². The highest BCUT2D eigenvalue weighted by Gasteiger charge is 2.35. The number of carbonyl (C=O) groups excluding carboxylic acids is 2. The number of halogens is 1. The maximum atomic E-state index is 12.9. The van der Waals surface area contributed by atoms with E-state index >= 15 is 0 Å². The number of amides is 2. The van der Waals surface area contributed by atoms with Gasteiger partial charge in [-0.15, -0.1) is 0 Å². The Labute approximate surface area is 202 Å². The van der Waals surface area contributed by atoms with E-state index in [0.29, 0.717) is 10.5 Å². The van der Waals surface area contributed by atoms with Crippen LogP contribution in [0.5, 0.6) is 0 Å². The number of imide groups is 1. The van der Waals surface area contributed by atoms with E-state index in [-0.39, 0.29) is 17.5 Å². The summed E-state index contributed by atoms with van der Waals surface area (Å²) < 4.78 is 3.25. The first-order valence-corrected chi connectivity index (χ1v) is 11.6. The highest BCUT2D eigenvalue weighted by molar-refractivity contribution is 14.1. The van der Waals surface area contributed by atoms with Gasteiger partial charge in [-0.05, 0) is 95.7 Å². The number of aryl methyl sites for hydroxylation is 1. The predicted octanol–water partition coefficient (Wildman–Crippen LogP) is 5.84. The fraction of sp³-hybridized carbons (Fsp3) is 0.130. The van der Waals surface area contributed by atoms with Crippen molar-refractivity contribution in [3.63, 3.8) is 0 Å². The van der Waals surface area contributed by atoms with E-state index < -0.39 is 10.8 Å². The normalized spacial score (nSPS) is 15.1. The Bertz CT molecular complexity index is 1280. The zero-order valence-corrected chi connectivity index (χ0v) is 20.2. The Kier molecular flexibility index (Phi) is 6.20. The number of non-ortho nitro benzene ring substituents is 1. The van der Waals surface area contributed by atoms with Crippen LogP contribution in [0, 0.1) is 27.5 Å². The second-order valence-electron chi connectivity index (χ2n) is 7.33. The number of nitro groups is 1. The van der Waals surface area contributed by atoms with Gasteiger partial charge in [0.25, 0.3) is 16.8 Å². The van der Waals surface area contributed by atoms with Crippen molar-refractivity contribution in [3.8, 4) is 5.69 Å². The molecule has 0 spiro atoms. The molecular weight excluding hydrogens is 541 g/mol. The van der Waals surface area contributed by atoms with Gasteiger partial charge < -0.3 is 4.57 Å². The van der Waals surface area contributed by atoms with Crippen LogP contribution in [0.15, 0.2) is 59.5 Å². The fourth-order valence-electron chi connectivity index (χ4n) is 3.65. The fourth-order valence-corrected chi connectivity index (χ4v) is 4.84. The van der Waals surface area contributed by atoms with Crippen LogP contribution in [0.4, 0.5) is 10.5 Å². The Hall–Kier alpha value is -2.92. The Balaban J connectivity index is 1.61. The number of nitro benzene ring substituents is 1. The molecule has 1 aromatic heterocycles. The van der Waals surface area contributed by atoms with Gasteiger partial charge in [0, 0.05) is 32.8 Å². The minimum absolute atomic E-state index is 0.00857. The Morgan fingerprint density at radius 3 is 2.50 bits per heavy atom. The number of nitrogens with zero attached hydrogens (tertiary/aromatic N) is 3. The van der Waals surface area contributed by atoms with Gasteiger partial charge in [0.1, 0.15) is 0 Å². The largest absolute Gasteiger partial charge is 0.318 e. The molecule has 3 aromatic rings. The summed E-state index contributed by atoms with van der Waals surface area (Å²) in [5, 5.41) is 10.6. The molecule has 0 bridgehead atoms. The summed E-state index contributed by atoms with van der Waals surface area (Å²) >= 11 is 3.14. The molecule has 0 N–H and O–H groups in total. The van der Waals surface area contributed by atoms with Gasteiger partial charge in [-0.3, -0.25) is 24.6 Å². The zero-order valence-electron chi connectivity index (χ0n) is 17.2. The van der Waals surface area contributed by atoms with E-state index in [1.165, 1.54) is 12.1 Å². The minimum Gasteiger partial charge on any atom is -0.318 e. The number of carbonyl (C=O) groups is 2. The van der Waals surface area contributed by atoms with Crippen molar-refractivity contribution in [1.82, 2.24) is 9.47 Å². The molecule has 1 fully saturated rings. The van der Waals surface area contributed by atoms with Crippen molar-refractivity contribution >= 4 is 57.3 Å². The maximum absolute atomic E-state index is 12.9. The molecule has 9 heteroatoms. The summed E-state index contributed by atoms with van der Waals surface area (Å²) in [6, 6.07) is 16.1. The summed E-state index contributed by atoms with van der Waals surface area (Å²) in [6.45, 7) is 3.96. The third kappa shape index (κ3) is 4.35. The average Bonchev–Trinajstić information content (AvgIpc) is 3.18. The number of aromatic nitrogens is 1. The van der Waals surface area contributed by atoms with Gasteiger partial charge in [0.2, 0.25) is 0 Å². The summed E-state index contributed by atoms with van der Waals surface area (Å²) in [5.41, 5.74) is 4.33. The van der Waals surface area contributed by atoms with E-state index in [0.717, 1.165) is 42.9 Å². The standard InChI is InChI=1S/C23H18IN3O4S/c1-14-10-17(15(2)26(14)19-8-6-18(24)7-9-19)12-21-22(28)25(23(29)32-21)13-16-4-3-5-20(11-16)27(30)31/h3-12H,13H2,1-2H3/b21-12-.